The maximum Gasteiger partial charge on any atom is 0.326 e. The van der Waals surface area contributed by atoms with Gasteiger partial charge in [-0.3, -0.25) is 23.7 Å². The van der Waals surface area contributed by atoms with Crippen molar-refractivity contribution >= 4 is 58.2 Å². The lowest BCUT2D eigenvalue weighted by Gasteiger charge is -2.30. The topological polar surface area (TPSA) is 85.7 Å². The Morgan fingerprint density at radius 2 is 1.71 bits per heavy atom. The van der Waals surface area contributed by atoms with E-state index in [2.05, 4.69) is 0 Å². The molecule has 5 rings (SSSR count). The van der Waals surface area contributed by atoms with E-state index in [-0.39, 0.29) is 29.8 Å². The summed E-state index contributed by atoms with van der Waals surface area (Å²) in [5.74, 6) is -2.39. The number of hydrogen-bond acceptors (Lipinski definition) is 7. The highest BCUT2D eigenvalue weighted by Gasteiger charge is 2.56. The molecule has 35 heavy (non-hydrogen) atoms. The van der Waals surface area contributed by atoms with Crippen LogP contribution in [-0.2, 0) is 25.7 Å². The van der Waals surface area contributed by atoms with Gasteiger partial charge in [-0.15, -0.1) is 0 Å². The summed E-state index contributed by atoms with van der Waals surface area (Å²) in [7, 11) is 0. The number of thioether (sulfide) groups is 1. The number of anilines is 1. The van der Waals surface area contributed by atoms with Gasteiger partial charge in [0.1, 0.15) is 11.8 Å². The van der Waals surface area contributed by atoms with E-state index in [1.165, 1.54) is 21.2 Å². The highest BCUT2D eigenvalue weighted by molar-refractivity contribution is 8.00. The summed E-state index contributed by atoms with van der Waals surface area (Å²) in [6.45, 7) is 3.58. The fourth-order valence-corrected chi connectivity index (χ4v) is 7.47. The summed E-state index contributed by atoms with van der Waals surface area (Å²) in [5, 5.41) is 0.333. The van der Waals surface area contributed by atoms with Crippen LogP contribution in [0, 0.1) is 12.8 Å². The van der Waals surface area contributed by atoms with Gasteiger partial charge in [-0.05, 0) is 43.7 Å². The largest absolute Gasteiger partial charge is 0.465 e. The molecule has 2 amide bonds. The number of rotatable bonds is 5. The molecule has 1 fully saturated rings. The number of aromatic nitrogens is 1. The maximum atomic E-state index is 13.8. The van der Waals surface area contributed by atoms with Crippen LogP contribution < -0.4 is 9.77 Å². The van der Waals surface area contributed by atoms with Crippen LogP contribution in [0.5, 0.6) is 0 Å². The zero-order chi connectivity index (χ0) is 24.9. The van der Waals surface area contributed by atoms with Crippen LogP contribution >= 0.6 is 34.7 Å². The first-order chi connectivity index (χ1) is 16.8. The van der Waals surface area contributed by atoms with Crippen LogP contribution in [0.25, 0.3) is 0 Å². The maximum absolute atomic E-state index is 13.8. The molecule has 3 aromatic rings. The Morgan fingerprint density at radius 3 is 2.37 bits per heavy atom. The first-order valence-electron chi connectivity index (χ1n) is 11.1. The van der Waals surface area contributed by atoms with Crippen molar-refractivity contribution in [3.8, 4) is 0 Å². The molecule has 0 bridgehead atoms. The first-order valence-corrected chi connectivity index (χ1v) is 13.1. The van der Waals surface area contributed by atoms with Crippen LogP contribution in [0.4, 0.5) is 5.69 Å². The van der Waals surface area contributed by atoms with Gasteiger partial charge in [-0.1, -0.05) is 64.5 Å². The van der Waals surface area contributed by atoms with Crippen LogP contribution in [-0.4, -0.2) is 34.2 Å². The number of esters is 1. The van der Waals surface area contributed by atoms with Crippen molar-refractivity contribution in [2.75, 3.05) is 11.5 Å². The number of ether oxygens (including phenoxy) is 1. The first kappa shape index (κ1) is 23.8. The van der Waals surface area contributed by atoms with E-state index in [1.807, 2.05) is 31.2 Å². The molecule has 0 N–H and O–H groups in total. The Kier molecular flexibility index (Phi) is 6.33. The van der Waals surface area contributed by atoms with Gasteiger partial charge in [-0.25, -0.2) is 4.90 Å². The minimum Gasteiger partial charge on any atom is -0.465 e. The number of carbonyl (C=O) groups excluding carboxylic acids is 3. The summed E-state index contributed by atoms with van der Waals surface area (Å²) >= 11 is 8.29. The zero-order valence-corrected chi connectivity index (χ0v) is 21.3. The lowest BCUT2D eigenvalue weighted by atomic mass is 9.83. The molecule has 0 aliphatic carbocycles. The number of carbonyl (C=O) groups is 3. The molecule has 1 aromatic heterocycles. The van der Waals surface area contributed by atoms with Crippen LogP contribution in [0.15, 0.2) is 58.4 Å². The zero-order valence-electron chi connectivity index (χ0n) is 18.9. The fraction of sp³-hybridized carbons (Fsp3) is 0.280. The number of hydrogen-bond donors (Lipinski definition) is 0. The molecule has 2 aromatic carbocycles. The predicted octanol–water partition coefficient (Wildman–Crippen LogP) is 4.23. The standard InChI is InChI=1S/C25H21ClN2O5S2/c1-3-33-17(29)12-27-24-21(35-25(27)32)18(14-6-8-15(26)9-7-14)19-20(34-24)23(31)28(22(19)30)16-10-4-13(2)5-11-16/h4-11,18-20H,3,12H2,1-2H3/t18-,19?,20?/m1/s1. The van der Waals surface area contributed by atoms with E-state index >= 15 is 0 Å². The van der Waals surface area contributed by atoms with Crippen LogP contribution in [0.1, 0.15) is 28.8 Å². The molecule has 180 valence electrons. The molecule has 3 atom stereocenters. The Labute approximate surface area is 214 Å². The summed E-state index contributed by atoms with van der Waals surface area (Å²) < 4.78 is 6.40. The minimum absolute atomic E-state index is 0.198. The Bertz CT molecular complexity index is 1380. The highest BCUT2D eigenvalue weighted by atomic mass is 35.5. The number of aryl methyl sites for hydroxylation is 1. The average molecular weight is 529 g/mol. The SMILES string of the molecule is CCOC(=O)Cn1c2c(sc1=O)[C@H](c1ccc(Cl)cc1)C1C(=O)N(c3ccc(C)cc3)C(=O)C1S2. The lowest BCUT2D eigenvalue weighted by molar-refractivity contribution is -0.144. The third-order valence-corrected chi connectivity index (χ3v) is 9.02. The van der Waals surface area contributed by atoms with E-state index in [1.54, 1.807) is 31.2 Å². The van der Waals surface area contributed by atoms with Crippen molar-refractivity contribution in [1.29, 1.82) is 0 Å². The molecule has 0 saturated carbocycles. The van der Waals surface area contributed by atoms with Gasteiger partial charge in [0.05, 0.1) is 23.2 Å². The Morgan fingerprint density at radius 1 is 1.03 bits per heavy atom. The van der Waals surface area contributed by atoms with Crippen molar-refractivity contribution in [3.63, 3.8) is 0 Å². The van der Waals surface area contributed by atoms with Gasteiger partial charge < -0.3 is 4.74 Å². The van der Waals surface area contributed by atoms with Crippen molar-refractivity contribution in [2.24, 2.45) is 5.92 Å². The second-order valence-corrected chi connectivity index (χ2v) is 10.9. The summed E-state index contributed by atoms with van der Waals surface area (Å²) in [5.41, 5.74) is 2.31. The molecular weight excluding hydrogens is 508 g/mol. The molecule has 0 spiro atoms. The monoisotopic (exact) mass is 528 g/mol. The molecule has 2 aliphatic heterocycles. The van der Waals surface area contributed by atoms with Crippen LogP contribution in [0.2, 0.25) is 5.02 Å². The normalized spacial score (nSPS) is 21.1. The van der Waals surface area contributed by atoms with Gasteiger partial charge in [0.2, 0.25) is 11.8 Å². The number of benzene rings is 2. The Hall–Kier alpha value is -2.88. The number of amides is 2. The van der Waals surface area contributed by atoms with Crippen molar-refractivity contribution in [3.05, 3.63) is 79.2 Å². The minimum atomic E-state index is -0.737. The van der Waals surface area contributed by atoms with Crippen LogP contribution in [0.3, 0.4) is 0 Å². The average Bonchev–Trinajstić information content (AvgIpc) is 3.27. The quantitative estimate of drug-likeness (QED) is 0.364. The third-order valence-electron chi connectivity index (χ3n) is 6.16. The van der Waals surface area contributed by atoms with E-state index in [0.717, 1.165) is 22.5 Å². The third kappa shape index (κ3) is 4.11. The fourth-order valence-electron chi connectivity index (χ4n) is 4.57. The van der Waals surface area contributed by atoms with E-state index < -0.39 is 23.1 Å². The van der Waals surface area contributed by atoms with Gasteiger partial charge in [-0.2, -0.15) is 0 Å². The van der Waals surface area contributed by atoms with E-state index in [0.29, 0.717) is 20.6 Å². The molecule has 0 radical (unpaired) electrons. The molecule has 2 aliphatic rings. The highest BCUT2D eigenvalue weighted by Crippen LogP contribution is 2.53. The van der Waals surface area contributed by atoms with E-state index in [4.69, 9.17) is 16.3 Å². The number of imide groups is 1. The van der Waals surface area contributed by atoms with Gasteiger partial charge in [0.15, 0.2) is 0 Å². The molecule has 3 heterocycles. The van der Waals surface area contributed by atoms with Crippen molar-refractivity contribution in [2.45, 2.75) is 36.6 Å². The molecular formula is C25H21ClN2O5S2. The summed E-state index contributed by atoms with van der Waals surface area (Å²) in [6, 6.07) is 14.3. The number of fused-ring (bicyclic) bond motifs is 2. The number of nitrogens with zero attached hydrogens (tertiary/aromatic N) is 2. The molecule has 10 heteroatoms. The summed E-state index contributed by atoms with van der Waals surface area (Å²) in [4.78, 5) is 54.1. The molecule has 7 nitrogen and oxygen atoms in total. The van der Waals surface area contributed by atoms with Gasteiger partial charge in [0.25, 0.3) is 0 Å². The van der Waals surface area contributed by atoms with E-state index in [9.17, 15) is 19.2 Å². The van der Waals surface area contributed by atoms with Crippen molar-refractivity contribution in [1.82, 2.24) is 4.57 Å². The smallest absolute Gasteiger partial charge is 0.326 e. The Balaban J connectivity index is 1.64. The predicted molar refractivity (Wildman–Crippen MR) is 135 cm³/mol. The number of halogens is 1. The van der Waals surface area contributed by atoms with Crippen molar-refractivity contribution < 1.29 is 19.1 Å². The second-order valence-electron chi connectivity index (χ2n) is 8.37. The number of thiazole rings is 1. The second kappa shape index (κ2) is 9.29. The molecule has 2 unspecified atom stereocenters. The molecule has 1 saturated heterocycles. The summed E-state index contributed by atoms with van der Waals surface area (Å²) in [6.07, 6.45) is 0. The van der Waals surface area contributed by atoms with Gasteiger partial charge in [0, 0.05) is 15.8 Å². The van der Waals surface area contributed by atoms with Gasteiger partial charge >= 0.3 is 10.8 Å². The lowest BCUT2D eigenvalue weighted by Crippen LogP contribution is -2.32.